The topological polar surface area (TPSA) is 47.7 Å². The van der Waals surface area contributed by atoms with Crippen molar-refractivity contribution in [2.24, 2.45) is 7.05 Å². The van der Waals surface area contributed by atoms with Gasteiger partial charge >= 0.3 is 0 Å². The Morgan fingerprint density at radius 1 is 1.39 bits per heavy atom. The summed E-state index contributed by atoms with van der Waals surface area (Å²) in [7, 11) is 1.92. The normalized spacial score (nSPS) is 10.8. The van der Waals surface area contributed by atoms with Crippen molar-refractivity contribution in [2.45, 2.75) is 39.8 Å². The molecular weight excluding hydrogens is 226 g/mol. The monoisotopic (exact) mass is 247 g/mol. The molecule has 5 nitrogen and oxygen atoms in total. The molecule has 98 valence electrons. The second kappa shape index (κ2) is 5.71. The van der Waals surface area contributed by atoms with Gasteiger partial charge in [0.25, 0.3) is 0 Å². The van der Waals surface area contributed by atoms with Crippen molar-refractivity contribution in [1.82, 2.24) is 19.6 Å². The van der Waals surface area contributed by atoms with Crippen molar-refractivity contribution in [2.75, 3.05) is 5.32 Å². The van der Waals surface area contributed by atoms with E-state index in [4.69, 9.17) is 0 Å². The lowest BCUT2D eigenvalue weighted by Gasteiger charge is -2.02. The van der Waals surface area contributed by atoms with Crippen LogP contribution in [0.3, 0.4) is 0 Å². The van der Waals surface area contributed by atoms with Gasteiger partial charge in [0, 0.05) is 43.7 Å². The van der Waals surface area contributed by atoms with Gasteiger partial charge in [-0.3, -0.25) is 9.36 Å². The standard InChI is InChI=1S/C13H21N5/c1-4-5-6-18-11(2)7-13(16-18)14-8-12-9-15-17(3)10-12/h7,9-10H,4-6,8H2,1-3H3,(H,14,16). The van der Waals surface area contributed by atoms with E-state index in [1.54, 1.807) is 0 Å². The Morgan fingerprint density at radius 2 is 2.22 bits per heavy atom. The van der Waals surface area contributed by atoms with E-state index in [9.17, 15) is 0 Å². The first-order valence-electron chi connectivity index (χ1n) is 6.45. The SMILES string of the molecule is CCCCn1nc(NCc2cnn(C)c2)cc1C. The highest BCUT2D eigenvalue weighted by Crippen LogP contribution is 2.11. The van der Waals surface area contributed by atoms with Gasteiger partial charge in [-0.1, -0.05) is 13.3 Å². The zero-order chi connectivity index (χ0) is 13.0. The Morgan fingerprint density at radius 3 is 2.89 bits per heavy atom. The number of aryl methyl sites for hydroxylation is 3. The van der Waals surface area contributed by atoms with Crippen LogP contribution in [0.2, 0.25) is 0 Å². The van der Waals surface area contributed by atoms with E-state index >= 15 is 0 Å². The van der Waals surface area contributed by atoms with E-state index in [0.717, 1.165) is 18.9 Å². The van der Waals surface area contributed by atoms with Gasteiger partial charge < -0.3 is 5.32 Å². The summed E-state index contributed by atoms with van der Waals surface area (Å²) in [6.07, 6.45) is 6.24. The highest BCUT2D eigenvalue weighted by Gasteiger charge is 2.04. The van der Waals surface area contributed by atoms with Gasteiger partial charge in [0.15, 0.2) is 0 Å². The van der Waals surface area contributed by atoms with Crippen molar-refractivity contribution in [1.29, 1.82) is 0 Å². The Kier molecular flexibility index (Phi) is 4.02. The number of rotatable bonds is 6. The minimum Gasteiger partial charge on any atom is -0.364 e. The van der Waals surface area contributed by atoms with Crippen LogP contribution in [0.4, 0.5) is 5.82 Å². The molecule has 0 aromatic carbocycles. The summed E-state index contributed by atoms with van der Waals surface area (Å²) in [5.74, 6) is 0.937. The molecule has 0 amide bonds. The summed E-state index contributed by atoms with van der Waals surface area (Å²) in [6.45, 7) is 6.05. The molecule has 0 radical (unpaired) electrons. The fraction of sp³-hybridized carbons (Fsp3) is 0.538. The summed E-state index contributed by atoms with van der Waals surface area (Å²) in [5.41, 5.74) is 2.37. The lowest BCUT2D eigenvalue weighted by atomic mass is 10.3. The van der Waals surface area contributed by atoms with Crippen molar-refractivity contribution in [3.63, 3.8) is 0 Å². The molecule has 0 saturated heterocycles. The molecule has 0 unspecified atom stereocenters. The second-order valence-electron chi connectivity index (χ2n) is 4.62. The van der Waals surface area contributed by atoms with Crippen LogP contribution >= 0.6 is 0 Å². The maximum absolute atomic E-state index is 4.55. The number of hydrogen-bond donors (Lipinski definition) is 1. The molecule has 0 aliphatic carbocycles. The summed E-state index contributed by atoms with van der Waals surface area (Å²) in [6, 6.07) is 2.09. The van der Waals surface area contributed by atoms with Crippen molar-refractivity contribution < 1.29 is 0 Å². The summed E-state index contributed by atoms with van der Waals surface area (Å²) >= 11 is 0. The van der Waals surface area contributed by atoms with Crippen LogP contribution in [0.15, 0.2) is 18.5 Å². The molecule has 0 saturated carbocycles. The predicted octanol–water partition coefficient (Wildman–Crippen LogP) is 2.34. The van der Waals surface area contributed by atoms with E-state index in [2.05, 4.69) is 40.1 Å². The molecule has 2 aromatic rings. The maximum Gasteiger partial charge on any atom is 0.148 e. The first-order valence-corrected chi connectivity index (χ1v) is 6.45. The molecule has 0 spiro atoms. The number of aromatic nitrogens is 4. The van der Waals surface area contributed by atoms with Crippen LogP contribution in [-0.4, -0.2) is 19.6 Å². The molecule has 0 atom stereocenters. The van der Waals surface area contributed by atoms with Crippen molar-refractivity contribution in [3.8, 4) is 0 Å². The van der Waals surface area contributed by atoms with E-state index in [1.807, 2.05) is 24.1 Å². The zero-order valence-corrected chi connectivity index (χ0v) is 11.3. The lowest BCUT2D eigenvalue weighted by Crippen LogP contribution is -2.04. The molecule has 2 heterocycles. The van der Waals surface area contributed by atoms with E-state index in [1.165, 1.54) is 24.1 Å². The highest BCUT2D eigenvalue weighted by molar-refractivity contribution is 5.36. The predicted molar refractivity (Wildman–Crippen MR) is 72.4 cm³/mol. The van der Waals surface area contributed by atoms with Crippen molar-refractivity contribution in [3.05, 3.63) is 29.7 Å². The number of anilines is 1. The number of unbranched alkanes of at least 4 members (excludes halogenated alkanes) is 1. The van der Waals surface area contributed by atoms with E-state index in [-0.39, 0.29) is 0 Å². The minimum absolute atomic E-state index is 0.762. The molecule has 1 N–H and O–H groups in total. The van der Waals surface area contributed by atoms with Gasteiger partial charge in [-0.05, 0) is 13.3 Å². The number of nitrogens with one attached hydrogen (secondary N) is 1. The fourth-order valence-electron chi connectivity index (χ4n) is 1.89. The number of nitrogens with zero attached hydrogens (tertiary/aromatic N) is 4. The third kappa shape index (κ3) is 3.12. The summed E-state index contributed by atoms with van der Waals surface area (Å²) in [4.78, 5) is 0. The smallest absolute Gasteiger partial charge is 0.148 e. The van der Waals surface area contributed by atoms with Crippen molar-refractivity contribution >= 4 is 5.82 Å². The largest absolute Gasteiger partial charge is 0.364 e. The van der Waals surface area contributed by atoms with Gasteiger partial charge in [0.05, 0.1) is 6.20 Å². The molecule has 0 bridgehead atoms. The molecule has 2 aromatic heterocycles. The van der Waals surface area contributed by atoms with Gasteiger partial charge in [-0.15, -0.1) is 0 Å². The van der Waals surface area contributed by atoms with Crippen LogP contribution in [0.25, 0.3) is 0 Å². The Hall–Kier alpha value is -1.78. The molecule has 0 fully saturated rings. The van der Waals surface area contributed by atoms with Gasteiger partial charge in [0.1, 0.15) is 5.82 Å². The first kappa shape index (κ1) is 12.7. The van der Waals surface area contributed by atoms with Gasteiger partial charge in [-0.25, -0.2) is 0 Å². The Bertz CT molecular complexity index is 497. The molecule has 18 heavy (non-hydrogen) atoms. The third-order valence-electron chi connectivity index (χ3n) is 2.94. The third-order valence-corrected chi connectivity index (χ3v) is 2.94. The summed E-state index contributed by atoms with van der Waals surface area (Å²) < 4.78 is 3.87. The fourth-order valence-corrected chi connectivity index (χ4v) is 1.89. The first-order chi connectivity index (χ1) is 8.69. The lowest BCUT2D eigenvalue weighted by molar-refractivity contribution is 0.560. The molecular formula is C13H21N5. The molecule has 5 heteroatoms. The van der Waals surface area contributed by atoms with Crippen LogP contribution in [-0.2, 0) is 20.1 Å². The summed E-state index contributed by atoms with van der Waals surface area (Å²) in [5, 5.41) is 12.0. The van der Waals surface area contributed by atoms with Crippen LogP contribution in [0.1, 0.15) is 31.0 Å². The van der Waals surface area contributed by atoms with Gasteiger partial charge in [-0.2, -0.15) is 10.2 Å². The number of hydrogen-bond acceptors (Lipinski definition) is 3. The highest BCUT2D eigenvalue weighted by atomic mass is 15.3. The maximum atomic E-state index is 4.55. The molecule has 2 rings (SSSR count). The van der Waals surface area contributed by atoms with E-state index in [0.29, 0.717) is 0 Å². The van der Waals surface area contributed by atoms with Crippen LogP contribution in [0, 0.1) is 6.92 Å². The minimum atomic E-state index is 0.762. The average molecular weight is 247 g/mol. The Balaban J connectivity index is 1.93. The van der Waals surface area contributed by atoms with E-state index < -0.39 is 0 Å². The molecule has 0 aliphatic heterocycles. The second-order valence-corrected chi connectivity index (χ2v) is 4.62. The molecule has 0 aliphatic rings. The quantitative estimate of drug-likeness (QED) is 0.852. The zero-order valence-electron chi connectivity index (χ0n) is 11.3. The van der Waals surface area contributed by atoms with Crippen LogP contribution in [0.5, 0.6) is 0 Å². The van der Waals surface area contributed by atoms with Gasteiger partial charge in [0.2, 0.25) is 0 Å². The average Bonchev–Trinajstić information content (AvgIpc) is 2.91. The Labute approximate surface area is 108 Å². The van der Waals surface area contributed by atoms with Crippen LogP contribution < -0.4 is 5.32 Å².